The lowest BCUT2D eigenvalue weighted by atomic mass is 10.3. The second-order valence-electron chi connectivity index (χ2n) is 3.18. The number of hydrogen-bond acceptors (Lipinski definition) is 4. The van der Waals surface area contributed by atoms with Gasteiger partial charge in [-0.1, -0.05) is 0 Å². The third kappa shape index (κ3) is 4.52. The van der Waals surface area contributed by atoms with Crippen LogP contribution in [0.2, 0.25) is 0 Å². The van der Waals surface area contributed by atoms with E-state index in [-0.39, 0.29) is 12.5 Å². The molecule has 0 atom stereocenters. The Morgan fingerprint density at radius 3 is 2.06 bits per heavy atom. The number of hydrogen-bond donors (Lipinski definition) is 2. The van der Waals surface area contributed by atoms with Crippen LogP contribution in [0.25, 0.3) is 0 Å². The van der Waals surface area contributed by atoms with E-state index in [9.17, 15) is 9.59 Å². The van der Waals surface area contributed by atoms with Crippen molar-refractivity contribution >= 4 is 23.4 Å². The number of anilines is 2. The zero-order chi connectivity index (χ0) is 12.7. The number of benzene rings is 1. The van der Waals surface area contributed by atoms with E-state index in [1.807, 2.05) is 0 Å². The fourth-order valence-electron chi connectivity index (χ4n) is 1.13. The predicted molar refractivity (Wildman–Crippen MR) is 63.0 cm³/mol. The van der Waals surface area contributed by atoms with E-state index < -0.39 is 6.09 Å². The first-order valence-electron chi connectivity index (χ1n) is 4.89. The molecule has 0 radical (unpaired) electrons. The molecule has 92 valence electrons. The number of rotatable bonds is 4. The molecule has 0 heterocycles. The Labute approximate surface area is 98.9 Å². The topological polar surface area (TPSA) is 76.7 Å². The maximum atomic E-state index is 11.2. The lowest BCUT2D eigenvalue weighted by molar-refractivity contribution is -0.119. The highest BCUT2D eigenvalue weighted by Gasteiger charge is 2.02. The van der Waals surface area contributed by atoms with Gasteiger partial charge in [0.2, 0.25) is 5.91 Å². The van der Waals surface area contributed by atoms with Gasteiger partial charge in [-0.05, 0) is 24.3 Å². The van der Waals surface area contributed by atoms with Crippen LogP contribution in [0.1, 0.15) is 0 Å². The molecule has 2 amide bonds. The maximum absolute atomic E-state index is 11.2. The minimum atomic E-state index is -0.541. The van der Waals surface area contributed by atoms with E-state index >= 15 is 0 Å². The number of methoxy groups -OCH3 is 2. The quantitative estimate of drug-likeness (QED) is 0.832. The molecule has 0 unspecified atom stereocenters. The second kappa shape index (κ2) is 6.49. The largest absolute Gasteiger partial charge is 0.453 e. The Kier molecular flexibility index (Phi) is 4.96. The van der Waals surface area contributed by atoms with Gasteiger partial charge < -0.3 is 14.8 Å². The first kappa shape index (κ1) is 13.0. The van der Waals surface area contributed by atoms with Gasteiger partial charge in [0.1, 0.15) is 6.61 Å². The monoisotopic (exact) mass is 238 g/mol. The molecule has 0 bridgehead atoms. The van der Waals surface area contributed by atoms with E-state index in [1.54, 1.807) is 24.3 Å². The van der Waals surface area contributed by atoms with Crippen molar-refractivity contribution in [2.75, 3.05) is 31.5 Å². The molecule has 0 saturated carbocycles. The van der Waals surface area contributed by atoms with Crippen LogP contribution in [0.5, 0.6) is 0 Å². The summed E-state index contributed by atoms with van der Waals surface area (Å²) in [4.78, 5) is 22.1. The van der Waals surface area contributed by atoms with E-state index in [4.69, 9.17) is 0 Å². The summed E-state index contributed by atoms with van der Waals surface area (Å²) in [6.07, 6.45) is -0.541. The Bertz CT molecular complexity index is 389. The molecule has 1 aromatic carbocycles. The molecular formula is C11H14N2O4. The second-order valence-corrected chi connectivity index (χ2v) is 3.18. The van der Waals surface area contributed by atoms with Crippen molar-refractivity contribution in [3.63, 3.8) is 0 Å². The molecule has 17 heavy (non-hydrogen) atoms. The minimum Gasteiger partial charge on any atom is -0.453 e. The highest BCUT2D eigenvalue weighted by molar-refractivity contribution is 5.92. The summed E-state index contributed by atoms with van der Waals surface area (Å²) in [5.74, 6) is -0.235. The Morgan fingerprint density at radius 2 is 1.59 bits per heavy atom. The van der Waals surface area contributed by atoms with Crippen molar-refractivity contribution in [1.29, 1.82) is 0 Å². The van der Waals surface area contributed by atoms with Crippen LogP contribution < -0.4 is 10.6 Å². The number of nitrogens with one attached hydrogen (secondary N) is 2. The van der Waals surface area contributed by atoms with Crippen LogP contribution in [0.4, 0.5) is 16.2 Å². The molecule has 0 fully saturated rings. The van der Waals surface area contributed by atoms with E-state index in [1.165, 1.54) is 14.2 Å². The van der Waals surface area contributed by atoms with Crippen molar-refractivity contribution in [1.82, 2.24) is 0 Å². The molecule has 0 aliphatic heterocycles. The molecular weight excluding hydrogens is 224 g/mol. The maximum Gasteiger partial charge on any atom is 0.411 e. The molecule has 0 saturated heterocycles. The van der Waals surface area contributed by atoms with E-state index in [0.29, 0.717) is 11.4 Å². The molecule has 6 heteroatoms. The number of carbonyl (C=O) groups is 2. The molecule has 1 rings (SSSR count). The summed E-state index contributed by atoms with van der Waals surface area (Å²) in [7, 11) is 2.73. The van der Waals surface area contributed by atoms with Gasteiger partial charge in [0, 0.05) is 18.5 Å². The van der Waals surface area contributed by atoms with Crippen LogP contribution >= 0.6 is 0 Å². The lowest BCUT2D eigenvalue weighted by Crippen LogP contribution is -2.17. The highest BCUT2D eigenvalue weighted by atomic mass is 16.5. The Balaban J connectivity index is 2.55. The number of ether oxygens (including phenoxy) is 2. The van der Waals surface area contributed by atoms with Crippen molar-refractivity contribution in [2.24, 2.45) is 0 Å². The minimum absolute atomic E-state index is 0.00214. The molecule has 6 nitrogen and oxygen atoms in total. The smallest absolute Gasteiger partial charge is 0.411 e. The van der Waals surface area contributed by atoms with Crippen molar-refractivity contribution < 1.29 is 19.1 Å². The lowest BCUT2D eigenvalue weighted by Gasteiger charge is -2.06. The average molecular weight is 238 g/mol. The zero-order valence-electron chi connectivity index (χ0n) is 9.65. The first-order chi connectivity index (χ1) is 8.15. The molecule has 2 N–H and O–H groups in total. The normalized spacial score (nSPS) is 9.53. The van der Waals surface area contributed by atoms with Gasteiger partial charge in [-0.15, -0.1) is 0 Å². The van der Waals surface area contributed by atoms with Crippen LogP contribution in [0.3, 0.4) is 0 Å². The van der Waals surface area contributed by atoms with Gasteiger partial charge in [0.05, 0.1) is 7.11 Å². The zero-order valence-corrected chi connectivity index (χ0v) is 9.65. The Hall–Kier alpha value is -2.08. The van der Waals surface area contributed by atoms with Crippen molar-refractivity contribution in [3.8, 4) is 0 Å². The van der Waals surface area contributed by atoms with E-state index in [0.717, 1.165) is 0 Å². The summed E-state index contributed by atoms with van der Waals surface area (Å²) in [5.41, 5.74) is 1.21. The standard InChI is InChI=1S/C11H14N2O4/c1-16-7-10(14)12-8-3-5-9(6-4-8)13-11(15)17-2/h3-6H,7H2,1-2H3,(H,12,14)(H,13,15). The van der Waals surface area contributed by atoms with Crippen LogP contribution in [0, 0.1) is 0 Å². The van der Waals surface area contributed by atoms with Crippen molar-refractivity contribution in [2.45, 2.75) is 0 Å². The number of carbonyl (C=O) groups excluding carboxylic acids is 2. The summed E-state index contributed by atoms with van der Waals surface area (Å²) >= 11 is 0. The van der Waals surface area contributed by atoms with Crippen molar-refractivity contribution in [3.05, 3.63) is 24.3 Å². The summed E-state index contributed by atoms with van der Waals surface area (Å²) < 4.78 is 9.13. The molecule has 0 aromatic heterocycles. The van der Waals surface area contributed by atoms with Gasteiger partial charge in [-0.25, -0.2) is 4.79 Å². The van der Waals surface area contributed by atoms with Gasteiger partial charge >= 0.3 is 6.09 Å². The highest BCUT2D eigenvalue weighted by Crippen LogP contribution is 2.13. The van der Waals surface area contributed by atoms with E-state index in [2.05, 4.69) is 20.1 Å². The van der Waals surface area contributed by atoms with Gasteiger partial charge in [-0.2, -0.15) is 0 Å². The predicted octanol–water partition coefficient (Wildman–Crippen LogP) is 1.45. The molecule has 1 aromatic rings. The molecule has 0 spiro atoms. The summed E-state index contributed by atoms with van der Waals surface area (Å²) in [6.45, 7) is 0.00214. The molecule has 0 aliphatic carbocycles. The van der Waals surface area contributed by atoms with Crippen LogP contribution in [-0.4, -0.2) is 32.8 Å². The van der Waals surface area contributed by atoms with Gasteiger partial charge in [0.25, 0.3) is 0 Å². The van der Waals surface area contributed by atoms with Gasteiger partial charge in [-0.3, -0.25) is 10.1 Å². The number of amides is 2. The first-order valence-corrected chi connectivity index (χ1v) is 4.89. The third-order valence-electron chi connectivity index (χ3n) is 1.88. The van der Waals surface area contributed by atoms with Gasteiger partial charge in [0.15, 0.2) is 0 Å². The SMILES string of the molecule is COCC(=O)Nc1ccc(NC(=O)OC)cc1. The summed E-state index contributed by atoms with van der Waals surface area (Å²) in [5, 5.41) is 5.13. The fourth-order valence-corrected chi connectivity index (χ4v) is 1.13. The summed E-state index contributed by atoms with van der Waals surface area (Å²) in [6, 6.07) is 6.64. The Morgan fingerprint density at radius 1 is 1.06 bits per heavy atom. The van der Waals surface area contributed by atoms with Crippen LogP contribution in [-0.2, 0) is 14.3 Å². The fraction of sp³-hybridized carbons (Fsp3) is 0.273. The van der Waals surface area contributed by atoms with Crippen LogP contribution in [0.15, 0.2) is 24.3 Å². The third-order valence-corrected chi connectivity index (χ3v) is 1.88. The average Bonchev–Trinajstić information content (AvgIpc) is 2.32. The molecule has 0 aliphatic rings.